The number of aliphatic hydroxyl groups is 2. The van der Waals surface area contributed by atoms with Crippen LogP contribution in [0.5, 0.6) is 0 Å². The van der Waals surface area contributed by atoms with Gasteiger partial charge in [-0.2, -0.15) is 0 Å². The van der Waals surface area contributed by atoms with Crippen LogP contribution in [0.25, 0.3) is 0 Å². The van der Waals surface area contributed by atoms with Gasteiger partial charge in [-0.05, 0) is 18.3 Å². The Bertz CT molecular complexity index is 204. The van der Waals surface area contributed by atoms with Gasteiger partial charge in [0.15, 0.2) is 0 Å². The van der Waals surface area contributed by atoms with Crippen LogP contribution in [-0.2, 0) is 0 Å². The zero-order valence-corrected chi connectivity index (χ0v) is 8.20. The molecule has 12 heavy (non-hydrogen) atoms. The van der Waals surface area contributed by atoms with Gasteiger partial charge in [-0.3, -0.25) is 0 Å². The summed E-state index contributed by atoms with van der Waals surface area (Å²) in [6.07, 6.45) is 2.92. The lowest BCUT2D eigenvalue weighted by Crippen LogP contribution is -2.49. The summed E-state index contributed by atoms with van der Waals surface area (Å²) in [4.78, 5) is 0. The highest BCUT2D eigenvalue weighted by Crippen LogP contribution is 2.42. The zero-order chi connectivity index (χ0) is 9.57. The van der Waals surface area contributed by atoms with Crippen molar-refractivity contribution in [3.05, 3.63) is 12.2 Å². The lowest BCUT2D eigenvalue weighted by molar-refractivity contribution is -0.0634. The first-order valence-electron chi connectivity index (χ1n) is 4.38. The fourth-order valence-electron chi connectivity index (χ4n) is 1.69. The van der Waals surface area contributed by atoms with E-state index in [1.54, 1.807) is 19.1 Å². The van der Waals surface area contributed by atoms with Gasteiger partial charge in [0, 0.05) is 0 Å². The summed E-state index contributed by atoms with van der Waals surface area (Å²) in [6, 6.07) is 0. The normalized spacial score (nSPS) is 46.2. The predicted octanol–water partition coefficient (Wildman–Crippen LogP) is 1.33. The molecule has 2 nitrogen and oxygen atoms in total. The van der Waals surface area contributed by atoms with Gasteiger partial charge in [0.05, 0.1) is 11.7 Å². The summed E-state index contributed by atoms with van der Waals surface area (Å²) in [5, 5.41) is 19.5. The molecule has 0 aromatic rings. The molecular weight excluding hydrogens is 152 g/mol. The van der Waals surface area contributed by atoms with Crippen molar-refractivity contribution in [1.82, 2.24) is 0 Å². The van der Waals surface area contributed by atoms with E-state index in [0.29, 0.717) is 0 Å². The molecule has 0 heterocycles. The SMILES string of the molecule is CC1C(C)(O)C=CC(O)C1(C)C. The summed E-state index contributed by atoms with van der Waals surface area (Å²) in [5.41, 5.74) is -1.04. The van der Waals surface area contributed by atoms with Gasteiger partial charge >= 0.3 is 0 Å². The Morgan fingerprint density at radius 3 is 2.17 bits per heavy atom. The highest BCUT2D eigenvalue weighted by molar-refractivity contribution is 5.15. The molecule has 2 N–H and O–H groups in total. The van der Waals surface area contributed by atoms with Crippen LogP contribution in [0.1, 0.15) is 27.7 Å². The lowest BCUT2D eigenvalue weighted by Gasteiger charge is -2.45. The highest BCUT2D eigenvalue weighted by Gasteiger charge is 2.44. The topological polar surface area (TPSA) is 40.5 Å². The van der Waals surface area contributed by atoms with Crippen LogP contribution in [0.4, 0.5) is 0 Å². The van der Waals surface area contributed by atoms with Crippen molar-refractivity contribution in [2.45, 2.75) is 39.4 Å². The maximum atomic E-state index is 9.90. The Hall–Kier alpha value is -0.340. The Labute approximate surface area is 73.9 Å². The number of hydrogen-bond donors (Lipinski definition) is 2. The third kappa shape index (κ3) is 1.29. The molecular formula is C10H18O2. The molecule has 0 bridgehead atoms. The van der Waals surface area contributed by atoms with Crippen LogP contribution in [-0.4, -0.2) is 21.9 Å². The van der Waals surface area contributed by atoms with E-state index in [2.05, 4.69) is 0 Å². The van der Waals surface area contributed by atoms with Gasteiger partial charge in [0.2, 0.25) is 0 Å². The fraction of sp³-hybridized carbons (Fsp3) is 0.800. The van der Waals surface area contributed by atoms with Gasteiger partial charge in [-0.1, -0.05) is 32.9 Å². The smallest absolute Gasteiger partial charge is 0.0832 e. The maximum Gasteiger partial charge on any atom is 0.0832 e. The standard InChI is InChI=1S/C10H18O2/c1-7-9(2,3)8(11)5-6-10(7,4)12/h5-8,11-12H,1-4H3. The minimum absolute atomic E-state index is 0.0602. The van der Waals surface area contributed by atoms with Crippen molar-refractivity contribution in [3.8, 4) is 0 Å². The van der Waals surface area contributed by atoms with Crippen molar-refractivity contribution in [2.24, 2.45) is 11.3 Å². The monoisotopic (exact) mass is 170 g/mol. The average molecular weight is 170 g/mol. The van der Waals surface area contributed by atoms with Crippen LogP contribution < -0.4 is 0 Å². The molecule has 0 saturated carbocycles. The lowest BCUT2D eigenvalue weighted by atomic mass is 9.64. The van der Waals surface area contributed by atoms with Gasteiger partial charge in [0.1, 0.15) is 0 Å². The molecule has 0 aromatic heterocycles. The van der Waals surface area contributed by atoms with E-state index in [9.17, 15) is 10.2 Å². The summed E-state index contributed by atoms with van der Waals surface area (Å²) in [6.45, 7) is 7.69. The van der Waals surface area contributed by atoms with Crippen molar-refractivity contribution in [3.63, 3.8) is 0 Å². The molecule has 0 aromatic carbocycles. The third-order valence-corrected chi connectivity index (χ3v) is 3.37. The minimum atomic E-state index is -0.789. The second-order valence-corrected chi connectivity index (χ2v) is 4.57. The molecule has 1 aliphatic carbocycles. The molecule has 0 saturated heterocycles. The van der Waals surface area contributed by atoms with E-state index in [0.717, 1.165) is 0 Å². The van der Waals surface area contributed by atoms with E-state index < -0.39 is 11.7 Å². The highest BCUT2D eigenvalue weighted by atomic mass is 16.3. The largest absolute Gasteiger partial charge is 0.388 e. The van der Waals surface area contributed by atoms with E-state index >= 15 is 0 Å². The summed E-state index contributed by atoms with van der Waals surface area (Å²) < 4.78 is 0. The minimum Gasteiger partial charge on any atom is -0.388 e. The third-order valence-electron chi connectivity index (χ3n) is 3.37. The van der Waals surface area contributed by atoms with Gasteiger partial charge in [-0.15, -0.1) is 0 Å². The molecule has 70 valence electrons. The molecule has 0 aliphatic heterocycles. The summed E-state index contributed by atoms with van der Waals surface area (Å²) >= 11 is 0. The van der Waals surface area contributed by atoms with Crippen molar-refractivity contribution in [2.75, 3.05) is 0 Å². The Balaban J connectivity index is 3.02. The van der Waals surface area contributed by atoms with E-state index in [1.165, 1.54) is 0 Å². The second kappa shape index (κ2) is 2.57. The van der Waals surface area contributed by atoms with Gasteiger partial charge in [-0.25, -0.2) is 0 Å². The van der Waals surface area contributed by atoms with Crippen molar-refractivity contribution < 1.29 is 10.2 Å². The zero-order valence-electron chi connectivity index (χ0n) is 8.20. The van der Waals surface area contributed by atoms with Gasteiger partial charge in [0.25, 0.3) is 0 Å². The molecule has 0 spiro atoms. The van der Waals surface area contributed by atoms with Crippen LogP contribution in [0.15, 0.2) is 12.2 Å². The molecule has 3 atom stereocenters. The van der Waals surface area contributed by atoms with E-state index in [-0.39, 0.29) is 11.3 Å². The average Bonchev–Trinajstić information content (AvgIpc) is 1.96. The number of aliphatic hydroxyl groups excluding tert-OH is 1. The van der Waals surface area contributed by atoms with E-state index in [4.69, 9.17) is 0 Å². The molecule has 3 unspecified atom stereocenters. The summed E-state index contributed by atoms with van der Waals surface area (Å²) in [5.74, 6) is 0.0602. The Kier molecular flexibility index (Phi) is 2.09. The molecule has 1 rings (SSSR count). The van der Waals surface area contributed by atoms with Gasteiger partial charge < -0.3 is 10.2 Å². The first kappa shape index (κ1) is 9.75. The maximum absolute atomic E-state index is 9.90. The molecule has 1 aliphatic rings. The van der Waals surface area contributed by atoms with Crippen molar-refractivity contribution >= 4 is 0 Å². The first-order chi connectivity index (χ1) is 5.28. The quantitative estimate of drug-likeness (QED) is 0.538. The number of rotatable bonds is 0. The van der Waals surface area contributed by atoms with Crippen LogP contribution in [0, 0.1) is 11.3 Å². The fourth-order valence-corrected chi connectivity index (χ4v) is 1.69. The molecule has 2 heteroatoms. The van der Waals surface area contributed by atoms with E-state index in [1.807, 2.05) is 20.8 Å². The Morgan fingerprint density at radius 2 is 1.75 bits per heavy atom. The van der Waals surface area contributed by atoms with Crippen LogP contribution in [0.3, 0.4) is 0 Å². The number of hydrogen-bond acceptors (Lipinski definition) is 2. The molecule has 0 fully saturated rings. The summed E-state index contributed by atoms with van der Waals surface area (Å²) in [7, 11) is 0. The van der Waals surface area contributed by atoms with Crippen molar-refractivity contribution in [1.29, 1.82) is 0 Å². The molecule has 0 amide bonds. The molecule has 0 radical (unpaired) electrons. The Morgan fingerprint density at radius 1 is 1.25 bits per heavy atom. The predicted molar refractivity (Wildman–Crippen MR) is 48.7 cm³/mol. The first-order valence-corrected chi connectivity index (χ1v) is 4.38. The van der Waals surface area contributed by atoms with Crippen LogP contribution in [0.2, 0.25) is 0 Å². The second-order valence-electron chi connectivity index (χ2n) is 4.57. The van der Waals surface area contributed by atoms with Crippen LogP contribution >= 0.6 is 0 Å².